The van der Waals surface area contributed by atoms with E-state index in [1.807, 2.05) is 0 Å². The molecule has 2 aliphatic rings. The minimum Gasteiger partial charge on any atom is -0.380 e. The van der Waals surface area contributed by atoms with Crippen LogP contribution in [0.5, 0.6) is 0 Å². The lowest BCUT2D eigenvalue weighted by Crippen LogP contribution is -2.40. The maximum absolute atomic E-state index is 5.17. The Morgan fingerprint density at radius 2 is 2.50 bits per heavy atom. The predicted molar refractivity (Wildman–Crippen MR) is 66.6 cm³/mol. The summed E-state index contributed by atoms with van der Waals surface area (Å²) < 4.78 is 5.17. The highest BCUT2D eigenvalue weighted by molar-refractivity contribution is 5.07. The van der Waals surface area contributed by atoms with E-state index in [1.165, 1.54) is 51.0 Å². The molecule has 0 aliphatic carbocycles. The first-order valence-electron chi connectivity index (χ1n) is 6.48. The summed E-state index contributed by atoms with van der Waals surface area (Å²) >= 11 is 0. The Balaban J connectivity index is 1.71. The van der Waals surface area contributed by atoms with E-state index in [9.17, 15) is 0 Å². The monoisotopic (exact) mass is 224 g/mol. The highest BCUT2D eigenvalue weighted by atomic mass is 16.5. The Morgan fingerprint density at radius 1 is 1.56 bits per heavy atom. The SMILES string of the molecule is COCC1=CCN(CC2CCCNC2)CC1. The number of hydrogen-bond acceptors (Lipinski definition) is 3. The van der Waals surface area contributed by atoms with Gasteiger partial charge in [-0.3, -0.25) is 4.90 Å². The van der Waals surface area contributed by atoms with Crippen LogP contribution in [0.4, 0.5) is 0 Å². The van der Waals surface area contributed by atoms with Crippen LogP contribution < -0.4 is 5.32 Å². The van der Waals surface area contributed by atoms with Crippen molar-refractivity contribution < 1.29 is 4.74 Å². The van der Waals surface area contributed by atoms with E-state index < -0.39 is 0 Å². The lowest BCUT2D eigenvalue weighted by atomic mass is 9.98. The number of methoxy groups -OCH3 is 1. The highest BCUT2D eigenvalue weighted by Crippen LogP contribution is 2.16. The summed E-state index contributed by atoms with van der Waals surface area (Å²) in [5.74, 6) is 0.867. The van der Waals surface area contributed by atoms with Crippen LogP contribution in [0, 0.1) is 5.92 Å². The summed E-state index contributed by atoms with van der Waals surface area (Å²) in [6, 6.07) is 0. The summed E-state index contributed by atoms with van der Waals surface area (Å²) in [6.07, 6.45) is 6.29. The zero-order valence-corrected chi connectivity index (χ0v) is 10.4. The van der Waals surface area contributed by atoms with E-state index in [0.29, 0.717) is 0 Å². The Morgan fingerprint density at radius 3 is 3.12 bits per heavy atom. The largest absolute Gasteiger partial charge is 0.380 e. The Labute approximate surface area is 98.8 Å². The molecule has 2 aliphatic heterocycles. The zero-order chi connectivity index (χ0) is 11.2. The molecule has 0 aromatic rings. The molecule has 1 unspecified atom stereocenters. The van der Waals surface area contributed by atoms with Gasteiger partial charge in [0.25, 0.3) is 0 Å². The molecule has 1 saturated heterocycles. The normalized spacial score (nSPS) is 27.8. The molecule has 1 N–H and O–H groups in total. The molecule has 0 amide bonds. The van der Waals surface area contributed by atoms with Crippen molar-refractivity contribution >= 4 is 0 Å². The third kappa shape index (κ3) is 3.58. The van der Waals surface area contributed by atoms with Crippen molar-refractivity contribution in [2.24, 2.45) is 5.92 Å². The smallest absolute Gasteiger partial charge is 0.0673 e. The van der Waals surface area contributed by atoms with Crippen molar-refractivity contribution in [1.29, 1.82) is 0 Å². The van der Waals surface area contributed by atoms with E-state index >= 15 is 0 Å². The molecule has 0 spiro atoms. The first kappa shape index (κ1) is 12.1. The highest BCUT2D eigenvalue weighted by Gasteiger charge is 2.18. The van der Waals surface area contributed by atoms with E-state index in [0.717, 1.165) is 19.1 Å². The Hall–Kier alpha value is -0.380. The van der Waals surface area contributed by atoms with Crippen molar-refractivity contribution in [3.63, 3.8) is 0 Å². The van der Waals surface area contributed by atoms with Crippen LogP contribution in [0.15, 0.2) is 11.6 Å². The van der Waals surface area contributed by atoms with E-state index in [4.69, 9.17) is 4.74 Å². The molecule has 2 heterocycles. The zero-order valence-electron chi connectivity index (χ0n) is 10.4. The van der Waals surface area contributed by atoms with Gasteiger partial charge in [0.05, 0.1) is 6.61 Å². The van der Waals surface area contributed by atoms with Crippen LogP contribution in [-0.4, -0.2) is 51.3 Å². The minimum absolute atomic E-state index is 0.818. The van der Waals surface area contributed by atoms with E-state index in [-0.39, 0.29) is 0 Å². The van der Waals surface area contributed by atoms with Gasteiger partial charge in [0.15, 0.2) is 0 Å². The molecular weight excluding hydrogens is 200 g/mol. The molecule has 16 heavy (non-hydrogen) atoms. The Kier molecular flexibility index (Phi) is 4.82. The third-order valence-corrected chi connectivity index (χ3v) is 3.63. The molecule has 0 saturated carbocycles. The number of nitrogens with one attached hydrogen (secondary N) is 1. The first-order chi connectivity index (χ1) is 7.88. The van der Waals surface area contributed by atoms with Crippen LogP contribution in [-0.2, 0) is 4.74 Å². The summed E-state index contributed by atoms with van der Waals surface area (Å²) in [5.41, 5.74) is 1.47. The standard InChI is InChI=1S/C13H24N2O/c1-16-11-12-4-7-15(8-5-12)10-13-3-2-6-14-9-13/h4,13-14H,2-3,5-11H2,1H3. The van der Waals surface area contributed by atoms with E-state index in [1.54, 1.807) is 7.11 Å². The molecule has 0 radical (unpaired) electrons. The maximum atomic E-state index is 5.17. The van der Waals surface area contributed by atoms with Gasteiger partial charge in [0.1, 0.15) is 0 Å². The quantitative estimate of drug-likeness (QED) is 0.728. The fraction of sp³-hybridized carbons (Fsp3) is 0.846. The van der Waals surface area contributed by atoms with Crippen molar-refractivity contribution in [1.82, 2.24) is 10.2 Å². The lowest BCUT2D eigenvalue weighted by molar-refractivity contribution is 0.196. The maximum Gasteiger partial charge on any atom is 0.0673 e. The first-order valence-corrected chi connectivity index (χ1v) is 6.48. The topological polar surface area (TPSA) is 24.5 Å². The molecule has 1 fully saturated rings. The summed E-state index contributed by atoms with van der Waals surface area (Å²) in [6.45, 7) is 6.85. The minimum atomic E-state index is 0.818. The van der Waals surface area contributed by atoms with Crippen LogP contribution in [0.3, 0.4) is 0 Å². The fourth-order valence-electron chi connectivity index (χ4n) is 2.68. The number of piperidine rings is 1. The fourth-order valence-corrected chi connectivity index (χ4v) is 2.68. The van der Waals surface area contributed by atoms with Crippen LogP contribution >= 0.6 is 0 Å². The second kappa shape index (κ2) is 6.38. The van der Waals surface area contributed by atoms with Gasteiger partial charge >= 0.3 is 0 Å². The summed E-state index contributed by atoms with van der Waals surface area (Å²) in [5, 5.41) is 3.49. The van der Waals surface area contributed by atoms with Gasteiger partial charge in [-0.05, 0) is 43.8 Å². The second-order valence-corrected chi connectivity index (χ2v) is 5.02. The van der Waals surface area contributed by atoms with Crippen molar-refractivity contribution in [3.05, 3.63) is 11.6 Å². The van der Waals surface area contributed by atoms with Gasteiger partial charge in [-0.25, -0.2) is 0 Å². The molecule has 2 rings (SSSR count). The number of ether oxygens (including phenoxy) is 1. The molecular formula is C13H24N2O. The summed E-state index contributed by atoms with van der Waals surface area (Å²) in [7, 11) is 1.78. The van der Waals surface area contributed by atoms with Crippen molar-refractivity contribution in [2.75, 3.05) is 46.4 Å². The van der Waals surface area contributed by atoms with Crippen LogP contribution in [0.25, 0.3) is 0 Å². The predicted octanol–water partition coefficient (Wildman–Crippen LogP) is 1.26. The molecule has 0 aromatic carbocycles. The van der Waals surface area contributed by atoms with Gasteiger partial charge in [-0.15, -0.1) is 0 Å². The van der Waals surface area contributed by atoms with Gasteiger partial charge in [-0.1, -0.05) is 6.08 Å². The number of nitrogens with zero attached hydrogens (tertiary/aromatic N) is 1. The number of rotatable bonds is 4. The van der Waals surface area contributed by atoms with Gasteiger partial charge in [-0.2, -0.15) is 0 Å². The number of hydrogen-bond donors (Lipinski definition) is 1. The van der Waals surface area contributed by atoms with E-state index in [2.05, 4.69) is 16.3 Å². The average molecular weight is 224 g/mol. The lowest BCUT2D eigenvalue weighted by Gasteiger charge is -2.32. The van der Waals surface area contributed by atoms with Gasteiger partial charge in [0, 0.05) is 26.7 Å². The molecule has 0 aromatic heterocycles. The molecule has 3 heteroatoms. The van der Waals surface area contributed by atoms with Crippen molar-refractivity contribution in [3.8, 4) is 0 Å². The van der Waals surface area contributed by atoms with Crippen molar-refractivity contribution in [2.45, 2.75) is 19.3 Å². The van der Waals surface area contributed by atoms with Gasteiger partial charge in [0.2, 0.25) is 0 Å². The average Bonchev–Trinajstić information content (AvgIpc) is 2.33. The van der Waals surface area contributed by atoms with Crippen LogP contribution in [0.2, 0.25) is 0 Å². The molecule has 3 nitrogen and oxygen atoms in total. The molecule has 0 bridgehead atoms. The molecule has 92 valence electrons. The van der Waals surface area contributed by atoms with Crippen LogP contribution in [0.1, 0.15) is 19.3 Å². The summed E-state index contributed by atoms with van der Waals surface area (Å²) in [4.78, 5) is 2.58. The third-order valence-electron chi connectivity index (χ3n) is 3.63. The Bertz CT molecular complexity index is 234. The van der Waals surface area contributed by atoms with Gasteiger partial charge < -0.3 is 10.1 Å². The second-order valence-electron chi connectivity index (χ2n) is 5.02. The molecule has 1 atom stereocenters.